The molecule has 1 aliphatic rings. The predicted octanol–water partition coefficient (Wildman–Crippen LogP) is 7.89. The highest BCUT2D eigenvalue weighted by Crippen LogP contribution is 2.53. The summed E-state index contributed by atoms with van der Waals surface area (Å²) in [6, 6.07) is 19.1. The molecule has 0 unspecified atom stereocenters. The van der Waals surface area contributed by atoms with Gasteiger partial charge in [-0.2, -0.15) is 0 Å². The van der Waals surface area contributed by atoms with Crippen molar-refractivity contribution in [2.24, 2.45) is 5.41 Å². The summed E-state index contributed by atoms with van der Waals surface area (Å²) >= 11 is 12.6. The van der Waals surface area contributed by atoms with Gasteiger partial charge < -0.3 is 26.2 Å². The van der Waals surface area contributed by atoms with Crippen LogP contribution in [0.25, 0.3) is 0 Å². The first kappa shape index (κ1) is 36.9. The Morgan fingerprint density at radius 2 is 1.54 bits per heavy atom. The lowest BCUT2D eigenvalue weighted by molar-refractivity contribution is -0.118. The van der Waals surface area contributed by atoms with Crippen LogP contribution in [0.15, 0.2) is 84.9 Å². The minimum absolute atomic E-state index is 0.00545. The van der Waals surface area contributed by atoms with Crippen molar-refractivity contribution in [2.75, 3.05) is 11.9 Å². The minimum Gasteiger partial charge on any atom is -0.478 e. The molecule has 12 heteroatoms. The average Bonchev–Trinajstić information content (AvgIpc) is 3.35. The van der Waals surface area contributed by atoms with Crippen molar-refractivity contribution < 1.29 is 33.4 Å². The Morgan fingerprint density at radius 1 is 0.880 bits per heavy atom. The highest BCUT2D eigenvalue weighted by molar-refractivity contribution is 6.31. The third-order valence-corrected chi connectivity index (χ3v) is 9.56. The number of amides is 1. The van der Waals surface area contributed by atoms with E-state index >= 15 is 8.78 Å². The molecule has 1 heterocycles. The molecule has 0 saturated carbocycles. The number of hydrogen-bond acceptors (Lipinski definition) is 5. The largest absolute Gasteiger partial charge is 0.478 e. The fourth-order valence-electron chi connectivity index (χ4n) is 7.00. The maximum atomic E-state index is 16.4. The third-order valence-electron chi connectivity index (χ3n) is 9.04. The number of benzene rings is 4. The van der Waals surface area contributed by atoms with Crippen molar-refractivity contribution in [3.05, 3.63) is 134 Å². The minimum atomic E-state index is -1.37. The standard InChI is InChI=1S/C38H37Cl2F2N3O5/c1-37(2,3)18-30-38(27-14-13-24(39)17-29(27)41,20-43-19-21-7-4-8-22(15-21)35(47)48)31(26-11-6-12-28(40)32(26)42)33(45-30)34(46)44-25-10-5-9-23(16-25)36(49)50/h4-17,30-31,33,43,45H,18-20H2,1-3H3,(H,44,46)(H,47,48)(H,49,50)/t30-,31-,33+,38-/m0/s1. The maximum absolute atomic E-state index is 16.4. The van der Waals surface area contributed by atoms with Crippen molar-refractivity contribution in [1.29, 1.82) is 0 Å². The van der Waals surface area contributed by atoms with Crippen molar-refractivity contribution in [1.82, 2.24) is 10.6 Å². The van der Waals surface area contributed by atoms with Crippen LogP contribution in [0.5, 0.6) is 0 Å². The van der Waals surface area contributed by atoms with E-state index in [2.05, 4.69) is 16.0 Å². The van der Waals surface area contributed by atoms with Crippen LogP contribution >= 0.6 is 23.2 Å². The molecule has 1 amide bonds. The van der Waals surface area contributed by atoms with Crippen LogP contribution in [0.4, 0.5) is 14.5 Å². The Bertz CT molecular complexity index is 1930. The second-order valence-electron chi connectivity index (χ2n) is 13.7. The Balaban J connectivity index is 1.71. The molecule has 50 heavy (non-hydrogen) atoms. The molecule has 5 rings (SSSR count). The van der Waals surface area contributed by atoms with Crippen LogP contribution in [0.2, 0.25) is 10.0 Å². The van der Waals surface area contributed by atoms with E-state index in [-0.39, 0.29) is 56.5 Å². The molecule has 0 aromatic heterocycles. The van der Waals surface area contributed by atoms with Gasteiger partial charge in [0.2, 0.25) is 5.91 Å². The highest BCUT2D eigenvalue weighted by Gasteiger charge is 2.60. The van der Waals surface area contributed by atoms with E-state index < -0.39 is 52.9 Å². The summed E-state index contributed by atoms with van der Waals surface area (Å²) in [5.74, 6) is -5.37. The van der Waals surface area contributed by atoms with Gasteiger partial charge in [-0.25, -0.2) is 18.4 Å². The molecule has 0 spiro atoms. The number of halogens is 4. The number of hydrogen-bond donors (Lipinski definition) is 5. The lowest BCUT2D eigenvalue weighted by Gasteiger charge is -2.43. The van der Waals surface area contributed by atoms with E-state index in [1.807, 2.05) is 20.8 Å². The topological polar surface area (TPSA) is 128 Å². The van der Waals surface area contributed by atoms with Gasteiger partial charge >= 0.3 is 11.9 Å². The van der Waals surface area contributed by atoms with Gasteiger partial charge in [0, 0.05) is 41.2 Å². The zero-order chi connectivity index (χ0) is 36.4. The average molecular weight is 725 g/mol. The fraction of sp³-hybridized carbons (Fsp3) is 0.289. The first-order valence-electron chi connectivity index (χ1n) is 15.9. The van der Waals surface area contributed by atoms with Gasteiger partial charge in [0.25, 0.3) is 0 Å². The summed E-state index contributed by atoms with van der Waals surface area (Å²) in [6.45, 7) is 6.18. The van der Waals surface area contributed by atoms with Gasteiger partial charge in [-0.1, -0.05) is 80.4 Å². The van der Waals surface area contributed by atoms with E-state index in [1.165, 1.54) is 48.5 Å². The molecular weight excluding hydrogens is 687 g/mol. The molecule has 4 aromatic rings. The second kappa shape index (κ2) is 14.9. The number of anilines is 1. The Hall–Kier alpha value is -4.35. The van der Waals surface area contributed by atoms with Gasteiger partial charge in [-0.05, 0) is 77.1 Å². The maximum Gasteiger partial charge on any atom is 0.335 e. The van der Waals surface area contributed by atoms with Gasteiger partial charge in [0.05, 0.1) is 22.2 Å². The first-order valence-corrected chi connectivity index (χ1v) is 16.7. The van der Waals surface area contributed by atoms with Gasteiger partial charge in [0.15, 0.2) is 0 Å². The number of aromatic carboxylic acids is 2. The van der Waals surface area contributed by atoms with Gasteiger partial charge in [-0.3, -0.25) is 4.79 Å². The number of carboxylic acid groups (broad SMARTS) is 2. The fourth-order valence-corrected chi connectivity index (χ4v) is 7.34. The van der Waals surface area contributed by atoms with E-state index in [0.29, 0.717) is 12.0 Å². The molecular formula is C38H37Cl2F2N3O5. The smallest absolute Gasteiger partial charge is 0.335 e. The van der Waals surface area contributed by atoms with Crippen molar-refractivity contribution >= 4 is 46.7 Å². The molecule has 8 nitrogen and oxygen atoms in total. The van der Waals surface area contributed by atoms with Crippen LogP contribution in [0, 0.1) is 17.0 Å². The van der Waals surface area contributed by atoms with Crippen LogP contribution in [-0.2, 0) is 16.8 Å². The third kappa shape index (κ3) is 7.84. The quantitative estimate of drug-likeness (QED) is 0.107. The van der Waals surface area contributed by atoms with Gasteiger partial charge in [-0.15, -0.1) is 0 Å². The zero-order valence-corrected chi connectivity index (χ0v) is 29.1. The predicted molar refractivity (Wildman–Crippen MR) is 189 cm³/mol. The first-order chi connectivity index (χ1) is 23.6. The number of nitrogens with one attached hydrogen (secondary N) is 3. The SMILES string of the molecule is CC(C)(C)C[C@@H]1N[C@@H](C(=O)Nc2cccc(C(=O)O)c2)[C@H](c2cccc(Cl)c2F)[C@@]1(CNCc1cccc(C(=O)O)c1)c1ccc(Cl)cc1F. The molecule has 0 bridgehead atoms. The molecule has 1 aliphatic heterocycles. The summed E-state index contributed by atoms with van der Waals surface area (Å²) in [6.07, 6.45) is 0.405. The van der Waals surface area contributed by atoms with Crippen LogP contribution in [-0.4, -0.2) is 46.7 Å². The lowest BCUT2D eigenvalue weighted by Crippen LogP contribution is -2.51. The van der Waals surface area contributed by atoms with E-state index in [9.17, 15) is 24.6 Å². The van der Waals surface area contributed by atoms with Crippen molar-refractivity contribution in [3.63, 3.8) is 0 Å². The molecule has 1 saturated heterocycles. The summed E-state index contributed by atoms with van der Waals surface area (Å²) in [7, 11) is 0. The van der Waals surface area contributed by atoms with Crippen LogP contribution in [0.3, 0.4) is 0 Å². The summed E-state index contributed by atoms with van der Waals surface area (Å²) < 4.78 is 32.7. The van der Waals surface area contributed by atoms with Crippen LogP contribution < -0.4 is 16.0 Å². The lowest BCUT2D eigenvalue weighted by atomic mass is 9.61. The Morgan fingerprint density at radius 3 is 2.20 bits per heavy atom. The second-order valence-corrected chi connectivity index (χ2v) is 14.6. The van der Waals surface area contributed by atoms with E-state index in [0.717, 1.165) is 0 Å². The summed E-state index contributed by atoms with van der Waals surface area (Å²) in [5, 5.41) is 28.7. The Labute approximate surface area is 298 Å². The van der Waals surface area contributed by atoms with Crippen molar-refractivity contribution in [3.8, 4) is 0 Å². The van der Waals surface area contributed by atoms with Crippen molar-refractivity contribution in [2.45, 2.75) is 57.2 Å². The zero-order valence-electron chi connectivity index (χ0n) is 27.6. The number of carboxylic acids is 2. The van der Waals surface area contributed by atoms with Crippen LogP contribution in [0.1, 0.15) is 70.5 Å². The molecule has 1 fully saturated rings. The number of rotatable bonds is 11. The molecule has 4 aromatic carbocycles. The number of carbonyl (C=O) groups is 3. The highest BCUT2D eigenvalue weighted by atomic mass is 35.5. The number of carbonyl (C=O) groups excluding carboxylic acids is 1. The molecule has 0 aliphatic carbocycles. The Kier molecular flexibility index (Phi) is 11.0. The summed E-state index contributed by atoms with van der Waals surface area (Å²) in [5.41, 5.74) is -0.581. The molecule has 262 valence electrons. The molecule has 5 N–H and O–H groups in total. The molecule has 0 radical (unpaired) electrons. The van der Waals surface area contributed by atoms with Gasteiger partial charge in [0.1, 0.15) is 11.6 Å². The van der Waals surface area contributed by atoms with E-state index in [1.54, 1.807) is 36.4 Å². The summed E-state index contributed by atoms with van der Waals surface area (Å²) in [4.78, 5) is 37.7. The molecule has 4 atom stereocenters. The monoisotopic (exact) mass is 723 g/mol. The van der Waals surface area contributed by atoms with E-state index in [4.69, 9.17) is 23.2 Å². The normalized spacial score (nSPS) is 20.4.